The SMILES string of the molecule is NCC[n+]1ccc(/C=C/c2cccc3ccccc23)cc1.[Br-]. The van der Waals surface area contributed by atoms with E-state index >= 15 is 0 Å². The number of hydrogen-bond donors (Lipinski definition) is 1. The molecule has 22 heavy (non-hydrogen) atoms. The Labute approximate surface area is 141 Å². The van der Waals surface area contributed by atoms with E-state index in [0.717, 1.165) is 6.54 Å². The summed E-state index contributed by atoms with van der Waals surface area (Å²) in [5.41, 5.74) is 7.98. The summed E-state index contributed by atoms with van der Waals surface area (Å²) in [5, 5.41) is 2.55. The first kappa shape index (κ1) is 16.4. The Bertz CT molecular complexity index is 758. The van der Waals surface area contributed by atoms with Crippen LogP contribution in [0.1, 0.15) is 11.1 Å². The van der Waals surface area contributed by atoms with Gasteiger partial charge in [0.05, 0.1) is 6.54 Å². The maximum atomic E-state index is 5.55. The predicted molar refractivity (Wildman–Crippen MR) is 88.6 cm³/mol. The third-order valence-electron chi connectivity index (χ3n) is 3.58. The number of aromatic nitrogens is 1. The number of benzene rings is 2. The van der Waals surface area contributed by atoms with Gasteiger partial charge in [0, 0.05) is 12.1 Å². The van der Waals surface area contributed by atoms with Gasteiger partial charge >= 0.3 is 0 Å². The van der Waals surface area contributed by atoms with Gasteiger partial charge in [-0.1, -0.05) is 54.6 Å². The van der Waals surface area contributed by atoms with E-state index in [1.807, 2.05) is 0 Å². The van der Waals surface area contributed by atoms with Crippen LogP contribution in [0.3, 0.4) is 0 Å². The molecule has 2 N–H and O–H groups in total. The van der Waals surface area contributed by atoms with Gasteiger partial charge in [0.25, 0.3) is 0 Å². The first-order valence-corrected chi connectivity index (χ1v) is 7.22. The molecule has 1 aromatic heterocycles. The van der Waals surface area contributed by atoms with Crippen molar-refractivity contribution in [3.8, 4) is 0 Å². The summed E-state index contributed by atoms with van der Waals surface area (Å²) in [7, 11) is 0. The van der Waals surface area contributed by atoms with Crippen LogP contribution >= 0.6 is 0 Å². The number of rotatable bonds is 4. The van der Waals surface area contributed by atoms with Crippen LogP contribution in [0.4, 0.5) is 0 Å². The van der Waals surface area contributed by atoms with Gasteiger partial charge in [-0.15, -0.1) is 0 Å². The van der Waals surface area contributed by atoms with Crippen molar-refractivity contribution in [3.05, 3.63) is 78.1 Å². The first-order chi connectivity index (χ1) is 10.4. The van der Waals surface area contributed by atoms with E-state index in [9.17, 15) is 0 Å². The highest BCUT2D eigenvalue weighted by Gasteiger charge is 1.98. The van der Waals surface area contributed by atoms with Crippen molar-refractivity contribution in [2.45, 2.75) is 6.54 Å². The van der Waals surface area contributed by atoms with Crippen LogP contribution in [0.25, 0.3) is 22.9 Å². The topological polar surface area (TPSA) is 29.9 Å². The Morgan fingerprint density at radius 2 is 1.59 bits per heavy atom. The van der Waals surface area contributed by atoms with E-state index in [1.165, 1.54) is 21.9 Å². The Morgan fingerprint density at radius 3 is 2.36 bits per heavy atom. The minimum Gasteiger partial charge on any atom is -1.00 e. The lowest BCUT2D eigenvalue weighted by Crippen LogP contribution is -3.00. The van der Waals surface area contributed by atoms with Crippen LogP contribution in [0.2, 0.25) is 0 Å². The highest BCUT2D eigenvalue weighted by Crippen LogP contribution is 2.20. The molecule has 2 aromatic carbocycles. The van der Waals surface area contributed by atoms with Gasteiger partial charge in [-0.3, -0.25) is 0 Å². The molecule has 0 saturated carbocycles. The molecule has 112 valence electrons. The van der Waals surface area contributed by atoms with Crippen molar-refractivity contribution in [2.75, 3.05) is 6.54 Å². The maximum absolute atomic E-state index is 5.55. The van der Waals surface area contributed by atoms with Crippen molar-refractivity contribution in [1.82, 2.24) is 0 Å². The maximum Gasteiger partial charge on any atom is 0.169 e. The quantitative estimate of drug-likeness (QED) is 0.669. The summed E-state index contributed by atoms with van der Waals surface area (Å²) in [6, 6.07) is 19.1. The molecule has 0 aliphatic carbocycles. The molecule has 0 atom stereocenters. The zero-order valence-corrected chi connectivity index (χ0v) is 13.9. The molecule has 0 aliphatic heterocycles. The lowest BCUT2D eigenvalue weighted by molar-refractivity contribution is -0.694. The van der Waals surface area contributed by atoms with Gasteiger partial charge in [0.1, 0.15) is 0 Å². The molecule has 3 aromatic rings. The average molecular weight is 355 g/mol. The van der Waals surface area contributed by atoms with Crippen molar-refractivity contribution in [3.63, 3.8) is 0 Å². The van der Waals surface area contributed by atoms with E-state index in [-0.39, 0.29) is 17.0 Å². The van der Waals surface area contributed by atoms with Crippen LogP contribution < -0.4 is 27.3 Å². The fraction of sp³-hybridized carbons (Fsp3) is 0.105. The van der Waals surface area contributed by atoms with Crippen molar-refractivity contribution in [2.24, 2.45) is 5.73 Å². The molecule has 2 nitrogen and oxygen atoms in total. The molecular formula is C19H19BrN2. The van der Waals surface area contributed by atoms with Crippen molar-refractivity contribution < 1.29 is 21.5 Å². The zero-order valence-electron chi connectivity index (χ0n) is 12.3. The van der Waals surface area contributed by atoms with Gasteiger partial charge in [-0.2, -0.15) is 0 Å². The molecule has 0 fully saturated rings. The predicted octanol–water partition coefficient (Wildman–Crippen LogP) is 0.260. The van der Waals surface area contributed by atoms with Crippen LogP contribution in [-0.4, -0.2) is 6.54 Å². The second-order valence-electron chi connectivity index (χ2n) is 5.06. The number of hydrogen-bond acceptors (Lipinski definition) is 1. The average Bonchev–Trinajstić information content (AvgIpc) is 2.54. The molecule has 0 saturated heterocycles. The first-order valence-electron chi connectivity index (χ1n) is 7.22. The lowest BCUT2D eigenvalue weighted by atomic mass is 10.0. The Balaban J connectivity index is 0.00000176. The van der Waals surface area contributed by atoms with E-state index in [1.54, 1.807) is 0 Å². The summed E-state index contributed by atoms with van der Waals surface area (Å²) in [4.78, 5) is 0. The number of pyridine rings is 1. The molecule has 0 aliphatic rings. The van der Waals surface area contributed by atoms with Gasteiger partial charge < -0.3 is 22.7 Å². The number of halogens is 1. The third-order valence-corrected chi connectivity index (χ3v) is 3.58. The largest absolute Gasteiger partial charge is 1.00 e. The highest BCUT2D eigenvalue weighted by molar-refractivity contribution is 5.92. The third kappa shape index (κ3) is 3.81. The summed E-state index contributed by atoms with van der Waals surface area (Å²) in [6.07, 6.45) is 8.45. The Morgan fingerprint density at radius 1 is 0.864 bits per heavy atom. The fourth-order valence-corrected chi connectivity index (χ4v) is 2.46. The summed E-state index contributed by atoms with van der Waals surface area (Å²) in [5.74, 6) is 0. The fourth-order valence-electron chi connectivity index (χ4n) is 2.46. The zero-order chi connectivity index (χ0) is 14.5. The normalized spacial score (nSPS) is 10.8. The van der Waals surface area contributed by atoms with Gasteiger partial charge in [0.15, 0.2) is 18.9 Å². The summed E-state index contributed by atoms with van der Waals surface area (Å²) >= 11 is 0. The molecule has 0 unspecified atom stereocenters. The van der Waals surface area contributed by atoms with E-state index in [0.29, 0.717) is 6.54 Å². The molecule has 0 spiro atoms. The van der Waals surface area contributed by atoms with Crippen LogP contribution in [-0.2, 0) is 6.54 Å². The molecule has 1 heterocycles. The molecule has 0 amide bonds. The number of nitrogens with zero attached hydrogens (tertiary/aromatic N) is 1. The second kappa shape index (κ2) is 7.87. The minimum atomic E-state index is 0. The lowest BCUT2D eigenvalue weighted by Gasteiger charge is -2.01. The van der Waals surface area contributed by atoms with Crippen LogP contribution in [0, 0.1) is 0 Å². The van der Waals surface area contributed by atoms with Crippen LogP contribution in [0.15, 0.2) is 67.0 Å². The standard InChI is InChI=1S/C19H19N2.BrH/c20-12-15-21-13-10-16(11-14-21)8-9-18-6-3-5-17-4-1-2-7-19(17)18;/h1-11,13-14H,12,15,20H2;1H/q+1;/p-1/b9-8+;. The number of nitrogens with two attached hydrogens (primary N) is 1. The van der Waals surface area contributed by atoms with Crippen molar-refractivity contribution >= 4 is 22.9 Å². The van der Waals surface area contributed by atoms with Crippen LogP contribution in [0.5, 0.6) is 0 Å². The molecule has 3 rings (SSSR count). The van der Waals surface area contributed by atoms with E-state index in [4.69, 9.17) is 5.73 Å². The molecular weight excluding hydrogens is 336 g/mol. The van der Waals surface area contributed by atoms with E-state index in [2.05, 4.69) is 83.7 Å². The minimum absolute atomic E-state index is 0. The molecule has 0 radical (unpaired) electrons. The van der Waals surface area contributed by atoms with Gasteiger partial charge in [-0.25, -0.2) is 4.57 Å². The molecule has 3 heteroatoms. The second-order valence-corrected chi connectivity index (χ2v) is 5.06. The smallest absolute Gasteiger partial charge is 0.169 e. The molecule has 0 bridgehead atoms. The Kier molecular flexibility index (Phi) is 5.87. The van der Waals surface area contributed by atoms with Gasteiger partial charge in [0.2, 0.25) is 0 Å². The summed E-state index contributed by atoms with van der Waals surface area (Å²) in [6.45, 7) is 1.52. The van der Waals surface area contributed by atoms with E-state index < -0.39 is 0 Å². The van der Waals surface area contributed by atoms with Crippen molar-refractivity contribution in [1.29, 1.82) is 0 Å². The van der Waals surface area contributed by atoms with Gasteiger partial charge in [-0.05, 0) is 21.9 Å². The monoisotopic (exact) mass is 354 g/mol. The Hall–Kier alpha value is -1.97. The number of fused-ring (bicyclic) bond motifs is 1. The highest BCUT2D eigenvalue weighted by atomic mass is 79.9. The summed E-state index contributed by atoms with van der Waals surface area (Å²) < 4.78 is 2.09.